The first-order chi connectivity index (χ1) is 13.1. The Bertz CT molecular complexity index is 976. The van der Waals surface area contributed by atoms with E-state index in [1.165, 1.54) is 13.1 Å². The third-order valence-corrected chi connectivity index (χ3v) is 4.33. The summed E-state index contributed by atoms with van der Waals surface area (Å²) in [4.78, 5) is 24.5. The van der Waals surface area contributed by atoms with Gasteiger partial charge in [0.1, 0.15) is 17.2 Å². The van der Waals surface area contributed by atoms with Crippen molar-refractivity contribution in [2.24, 2.45) is 0 Å². The third-order valence-electron chi connectivity index (χ3n) is 3.80. The molecular formula is C21H17BrN2O3. The number of likely N-dealkylation sites (N-methyl/N-ethyl adjacent to an activating group) is 1. The van der Waals surface area contributed by atoms with Crippen molar-refractivity contribution in [3.8, 4) is 11.3 Å². The minimum Gasteiger partial charge on any atom is -0.457 e. The first kappa shape index (κ1) is 18.7. The molecule has 0 bridgehead atoms. The SMILES string of the molecule is CNC(=O)/C(=C/c1ccc(-c2ccc(Br)cc2)o1)NC(=O)c1ccccc1. The molecule has 0 radical (unpaired) electrons. The average Bonchev–Trinajstić information content (AvgIpc) is 3.16. The van der Waals surface area contributed by atoms with Crippen LogP contribution in [-0.2, 0) is 4.79 Å². The van der Waals surface area contributed by atoms with E-state index in [-0.39, 0.29) is 11.6 Å². The minimum absolute atomic E-state index is 0.100. The van der Waals surface area contributed by atoms with Crippen LogP contribution in [0.2, 0.25) is 0 Å². The normalized spacial score (nSPS) is 11.1. The first-order valence-corrected chi connectivity index (χ1v) is 9.02. The number of rotatable bonds is 5. The molecule has 0 unspecified atom stereocenters. The van der Waals surface area contributed by atoms with Gasteiger partial charge in [-0.25, -0.2) is 0 Å². The van der Waals surface area contributed by atoms with Gasteiger partial charge in [-0.2, -0.15) is 0 Å². The predicted octanol–water partition coefficient (Wildman–Crippen LogP) is 4.23. The van der Waals surface area contributed by atoms with Gasteiger partial charge in [0.2, 0.25) is 0 Å². The quantitative estimate of drug-likeness (QED) is 0.602. The van der Waals surface area contributed by atoms with Crippen molar-refractivity contribution < 1.29 is 14.0 Å². The Labute approximate surface area is 165 Å². The van der Waals surface area contributed by atoms with Gasteiger partial charge >= 0.3 is 0 Å². The standard InChI is InChI=1S/C21H17BrN2O3/c1-23-21(26)18(24-20(25)15-5-3-2-4-6-15)13-17-11-12-19(27-17)14-7-9-16(22)10-8-14/h2-13H,1H3,(H,23,26)(H,24,25)/b18-13-. The van der Waals surface area contributed by atoms with Crippen LogP contribution in [-0.4, -0.2) is 18.9 Å². The van der Waals surface area contributed by atoms with Gasteiger partial charge in [0.15, 0.2) is 0 Å². The molecule has 0 atom stereocenters. The lowest BCUT2D eigenvalue weighted by molar-refractivity contribution is -0.117. The molecule has 0 aliphatic heterocycles. The second-order valence-corrected chi connectivity index (χ2v) is 6.58. The van der Waals surface area contributed by atoms with E-state index < -0.39 is 5.91 Å². The van der Waals surface area contributed by atoms with E-state index in [2.05, 4.69) is 26.6 Å². The molecule has 3 aromatic rings. The van der Waals surface area contributed by atoms with E-state index in [0.717, 1.165) is 10.0 Å². The number of hydrogen-bond acceptors (Lipinski definition) is 3. The summed E-state index contributed by atoms with van der Waals surface area (Å²) in [6, 6.07) is 19.9. The molecule has 0 saturated heterocycles. The van der Waals surface area contributed by atoms with Crippen LogP contribution in [0.1, 0.15) is 16.1 Å². The number of hydrogen-bond donors (Lipinski definition) is 2. The molecule has 1 aromatic heterocycles. The minimum atomic E-state index is -0.416. The summed E-state index contributed by atoms with van der Waals surface area (Å²) in [5.74, 6) is 0.338. The summed E-state index contributed by atoms with van der Waals surface area (Å²) in [7, 11) is 1.50. The van der Waals surface area contributed by atoms with Gasteiger partial charge in [-0.05, 0) is 36.4 Å². The Balaban J connectivity index is 1.85. The fraction of sp³-hybridized carbons (Fsp3) is 0.0476. The maximum Gasteiger partial charge on any atom is 0.267 e. The van der Waals surface area contributed by atoms with Crippen LogP contribution >= 0.6 is 15.9 Å². The van der Waals surface area contributed by atoms with Crippen LogP contribution in [0.25, 0.3) is 17.4 Å². The Hall–Kier alpha value is -3.12. The number of nitrogens with one attached hydrogen (secondary N) is 2. The summed E-state index contributed by atoms with van der Waals surface area (Å²) >= 11 is 3.40. The zero-order valence-corrected chi connectivity index (χ0v) is 16.1. The van der Waals surface area contributed by atoms with Crippen LogP contribution < -0.4 is 10.6 Å². The number of carbonyl (C=O) groups excluding carboxylic acids is 2. The smallest absolute Gasteiger partial charge is 0.267 e. The van der Waals surface area contributed by atoms with Gasteiger partial charge in [-0.15, -0.1) is 0 Å². The Morgan fingerprint density at radius 2 is 1.67 bits per heavy atom. The number of furan rings is 1. The molecule has 0 saturated carbocycles. The van der Waals surface area contributed by atoms with E-state index >= 15 is 0 Å². The number of carbonyl (C=O) groups is 2. The topological polar surface area (TPSA) is 71.3 Å². The molecule has 2 N–H and O–H groups in total. The fourth-order valence-corrected chi connectivity index (χ4v) is 2.68. The molecule has 2 aromatic carbocycles. The van der Waals surface area contributed by atoms with Crippen LogP contribution in [0.15, 0.2) is 81.3 Å². The lowest BCUT2D eigenvalue weighted by atomic mass is 10.2. The highest BCUT2D eigenvalue weighted by Crippen LogP contribution is 2.24. The average molecular weight is 425 g/mol. The van der Waals surface area contributed by atoms with Gasteiger partial charge in [-0.3, -0.25) is 9.59 Å². The van der Waals surface area contributed by atoms with Crippen molar-refractivity contribution in [2.75, 3.05) is 7.05 Å². The highest BCUT2D eigenvalue weighted by Gasteiger charge is 2.14. The Morgan fingerprint density at radius 1 is 0.963 bits per heavy atom. The molecule has 0 spiro atoms. The summed E-state index contributed by atoms with van der Waals surface area (Å²) in [5, 5.41) is 5.15. The first-order valence-electron chi connectivity index (χ1n) is 8.23. The highest BCUT2D eigenvalue weighted by atomic mass is 79.9. The van der Waals surface area contributed by atoms with Gasteiger partial charge in [0.25, 0.3) is 11.8 Å². The Morgan fingerprint density at radius 3 is 2.33 bits per heavy atom. The molecule has 0 fully saturated rings. The number of amides is 2. The molecule has 1 heterocycles. The van der Waals surface area contributed by atoms with Gasteiger partial charge in [0.05, 0.1) is 0 Å². The van der Waals surface area contributed by atoms with Crippen LogP contribution in [0.3, 0.4) is 0 Å². The third kappa shape index (κ3) is 4.74. The number of halogens is 1. The zero-order chi connectivity index (χ0) is 19.2. The van der Waals surface area contributed by atoms with Crippen molar-refractivity contribution >= 4 is 33.8 Å². The lowest BCUT2D eigenvalue weighted by Crippen LogP contribution is -2.33. The summed E-state index contributed by atoms with van der Waals surface area (Å²) in [6.45, 7) is 0. The maximum absolute atomic E-state index is 12.4. The molecule has 6 heteroatoms. The second kappa shape index (κ2) is 8.51. The molecular weight excluding hydrogens is 408 g/mol. The van der Waals surface area contributed by atoms with Crippen molar-refractivity contribution in [3.63, 3.8) is 0 Å². The van der Waals surface area contributed by atoms with Gasteiger partial charge < -0.3 is 15.1 Å². The summed E-state index contributed by atoms with van der Waals surface area (Å²) in [5.41, 5.74) is 1.47. The fourth-order valence-electron chi connectivity index (χ4n) is 2.42. The van der Waals surface area contributed by atoms with E-state index in [4.69, 9.17) is 4.42 Å². The predicted molar refractivity (Wildman–Crippen MR) is 108 cm³/mol. The van der Waals surface area contributed by atoms with E-state index in [0.29, 0.717) is 17.1 Å². The van der Waals surface area contributed by atoms with Crippen molar-refractivity contribution in [3.05, 3.63) is 88.2 Å². The van der Waals surface area contributed by atoms with Crippen molar-refractivity contribution in [1.29, 1.82) is 0 Å². The molecule has 0 aliphatic carbocycles. The lowest BCUT2D eigenvalue weighted by Gasteiger charge is -2.08. The molecule has 27 heavy (non-hydrogen) atoms. The maximum atomic E-state index is 12.4. The largest absolute Gasteiger partial charge is 0.457 e. The Kier molecular flexibility index (Phi) is 5.88. The van der Waals surface area contributed by atoms with E-state index in [1.807, 2.05) is 36.4 Å². The van der Waals surface area contributed by atoms with Crippen LogP contribution in [0.5, 0.6) is 0 Å². The second-order valence-electron chi connectivity index (χ2n) is 5.67. The number of benzene rings is 2. The van der Waals surface area contributed by atoms with Gasteiger partial charge in [-0.1, -0.05) is 46.3 Å². The van der Waals surface area contributed by atoms with E-state index in [9.17, 15) is 9.59 Å². The summed E-state index contributed by atoms with van der Waals surface area (Å²) in [6.07, 6.45) is 1.50. The molecule has 136 valence electrons. The molecule has 3 rings (SSSR count). The highest BCUT2D eigenvalue weighted by molar-refractivity contribution is 9.10. The van der Waals surface area contributed by atoms with Crippen LogP contribution in [0.4, 0.5) is 0 Å². The monoisotopic (exact) mass is 424 g/mol. The van der Waals surface area contributed by atoms with Crippen LogP contribution in [0, 0.1) is 0 Å². The summed E-state index contributed by atoms with van der Waals surface area (Å²) < 4.78 is 6.77. The van der Waals surface area contributed by atoms with Crippen molar-refractivity contribution in [2.45, 2.75) is 0 Å². The van der Waals surface area contributed by atoms with Gasteiger partial charge in [0, 0.05) is 28.7 Å². The van der Waals surface area contributed by atoms with Crippen molar-refractivity contribution in [1.82, 2.24) is 10.6 Å². The van der Waals surface area contributed by atoms with E-state index in [1.54, 1.807) is 30.3 Å². The zero-order valence-electron chi connectivity index (χ0n) is 14.5. The molecule has 5 nitrogen and oxygen atoms in total. The molecule has 0 aliphatic rings. The molecule has 2 amide bonds.